The lowest BCUT2D eigenvalue weighted by Crippen LogP contribution is -2.01. The Bertz CT molecular complexity index is 404. The van der Waals surface area contributed by atoms with Crippen molar-refractivity contribution in [2.75, 3.05) is 11.5 Å². The van der Waals surface area contributed by atoms with E-state index in [-0.39, 0.29) is 5.82 Å². The van der Waals surface area contributed by atoms with E-state index in [1.807, 2.05) is 0 Å². The van der Waals surface area contributed by atoms with Crippen molar-refractivity contribution in [3.8, 4) is 0 Å². The molecule has 1 aliphatic rings. The Morgan fingerprint density at radius 1 is 1.60 bits per heavy atom. The normalized spacial score (nSPS) is 20.4. The Kier molecular flexibility index (Phi) is 2.95. The number of nitrogens with zero attached hydrogens (tertiary/aromatic N) is 1. The molecule has 0 fully saturated rings. The zero-order valence-electron chi connectivity index (χ0n) is 8.53. The summed E-state index contributed by atoms with van der Waals surface area (Å²) in [6, 6.07) is 4.77. The van der Waals surface area contributed by atoms with Gasteiger partial charge in [0.2, 0.25) is 0 Å². The molecule has 2 N–H and O–H groups in total. The average molecular weight is 224 g/mol. The minimum absolute atomic E-state index is 0.262. The SMILES string of the molecule is CCC1CSC(c2cc(F)ccc2N)=N1. The molecule has 1 heterocycles. The molecule has 0 aromatic heterocycles. The second-order valence-corrected chi connectivity index (χ2v) is 4.55. The highest BCUT2D eigenvalue weighted by Crippen LogP contribution is 2.28. The largest absolute Gasteiger partial charge is 0.398 e. The summed E-state index contributed by atoms with van der Waals surface area (Å²) in [6.07, 6.45) is 1.02. The molecule has 2 rings (SSSR count). The molecule has 4 heteroatoms. The summed E-state index contributed by atoms with van der Waals surface area (Å²) in [5, 5.41) is 0.874. The van der Waals surface area contributed by atoms with Gasteiger partial charge in [-0.15, -0.1) is 11.8 Å². The fourth-order valence-corrected chi connectivity index (χ4v) is 2.70. The van der Waals surface area contributed by atoms with Crippen LogP contribution in [0.5, 0.6) is 0 Å². The van der Waals surface area contributed by atoms with E-state index in [1.54, 1.807) is 17.8 Å². The third-order valence-corrected chi connectivity index (χ3v) is 3.58. The summed E-state index contributed by atoms with van der Waals surface area (Å²) >= 11 is 1.65. The van der Waals surface area contributed by atoms with Crippen molar-refractivity contribution < 1.29 is 4.39 Å². The van der Waals surface area contributed by atoms with Crippen molar-refractivity contribution in [1.82, 2.24) is 0 Å². The van der Waals surface area contributed by atoms with Gasteiger partial charge in [0, 0.05) is 17.0 Å². The highest BCUT2D eigenvalue weighted by Gasteiger charge is 2.19. The van der Waals surface area contributed by atoms with E-state index in [0.29, 0.717) is 11.7 Å². The molecule has 0 saturated carbocycles. The number of aliphatic imine (C=N–C) groups is 1. The van der Waals surface area contributed by atoms with Crippen LogP contribution in [0, 0.1) is 5.82 Å². The molecule has 0 spiro atoms. The zero-order valence-corrected chi connectivity index (χ0v) is 9.35. The maximum absolute atomic E-state index is 13.1. The Morgan fingerprint density at radius 2 is 2.40 bits per heavy atom. The van der Waals surface area contributed by atoms with Gasteiger partial charge < -0.3 is 5.73 Å². The maximum atomic E-state index is 13.1. The predicted octanol–water partition coefficient (Wildman–Crippen LogP) is 2.68. The van der Waals surface area contributed by atoms with Gasteiger partial charge >= 0.3 is 0 Å². The number of hydrogen-bond acceptors (Lipinski definition) is 3. The first-order valence-electron chi connectivity index (χ1n) is 4.96. The topological polar surface area (TPSA) is 38.4 Å². The highest BCUT2D eigenvalue weighted by molar-refractivity contribution is 8.14. The van der Waals surface area contributed by atoms with E-state index in [9.17, 15) is 4.39 Å². The van der Waals surface area contributed by atoms with Gasteiger partial charge in [0.05, 0.1) is 6.04 Å². The van der Waals surface area contributed by atoms with Gasteiger partial charge in [-0.2, -0.15) is 0 Å². The van der Waals surface area contributed by atoms with E-state index in [1.165, 1.54) is 12.1 Å². The van der Waals surface area contributed by atoms with Gasteiger partial charge in [0.1, 0.15) is 10.9 Å². The lowest BCUT2D eigenvalue weighted by molar-refractivity contribution is 0.628. The summed E-state index contributed by atoms with van der Waals surface area (Å²) in [5.74, 6) is 0.712. The Labute approximate surface area is 92.8 Å². The fraction of sp³-hybridized carbons (Fsp3) is 0.364. The number of nitrogens with two attached hydrogens (primary N) is 1. The second-order valence-electron chi connectivity index (χ2n) is 3.54. The van der Waals surface area contributed by atoms with Crippen molar-refractivity contribution in [1.29, 1.82) is 0 Å². The summed E-state index contributed by atoms with van der Waals surface area (Å²) in [4.78, 5) is 4.51. The van der Waals surface area contributed by atoms with Crippen LogP contribution in [0.2, 0.25) is 0 Å². The molecular formula is C11H13FN2S. The summed E-state index contributed by atoms with van der Waals surface area (Å²) in [5.41, 5.74) is 7.12. The molecular weight excluding hydrogens is 211 g/mol. The van der Waals surface area contributed by atoms with Crippen LogP contribution >= 0.6 is 11.8 Å². The lowest BCUT2D eigenvalue weighted by Gasteiger charge is -2.04. The molecule has 0 radical (unpaired) electrons. The minimum atomic E-state index is -0.262. The molecule has 1 aliphatic heterocycles. The number of halogens is 1. The molecule has 2 nitrogen and oxygen atoms in total. The predicted molar refractivity (Wildman–Crippen MR) is 63.9 cm³/mol. The highest BCUT2D eigenvalue weighted by atomic mass is 32.2. The Morgan fingerprint density at radius 3 is 3.07 bits per heavy atom. The molecule has 0 saturated heterocycles. The fourth-order valence-electron chi connectivity index (χ4n) is 1.49. The lowest BCUT2D eigenvalue weighted by atomic mass is 10.2. The molecule has 0 amide bonds. The molecule has 1 aromatic carbocycles. The Balaban J connectivity index is 2.34. The first-order valence-corrected chi connectivity index (χ1v) is 5.95. The van der Waals surface area contributed by atoms with Crippen LogP contribution in [-0.2, 0) is 0 Å². The minimum Gasteiger partial charge on any atom is -0.398 e. The van der Waals surface area contributed by atoms with E-state index >= 15 is 0 Å². The Hall–Kier alpha value is -1.03. The van der Waals surface area contributed by atoms with Crippen molar-refractivity contribution in [2.45, 2.75) is 19.4 Å². The van der Waals surface area contributed by atoms with Gasteiger partial charge in [-0.05, 0) is 24.6 Å². The third kappa shape index (κ3) is 2.15. The number of thioether (sulfide) groups is 1. The monoisotopic (exact) mass is 224 g/mol. The van der Waals surface area contributed by atoms with Gasteiger partial charge in [-0.1, -0.05) is 6.92 Å². The molecule has 0 bridgehead atoms. The summed E-state index contributed by atoms with van der Waals surface area (Å²) in [6.45, 7) is 2.10. The second kappa shape index (κ2) is 4.23. The number of hydrogen-bond donors (Lipinski definition) is 1. The molecule has 80 valence electrons. The smallest absolute Gasteiger partial charge is 0.124 e. The van der Waals surface area contributed by atoms with Crippen LogP contribution in [-0.4, -0.2) is 16.8 Å². The van der Waals surface area contributed by atoms with E-state index in [2.05, 4.69) is 11.9 Å². The van der Waals surface area contributed by atoms with Crippen LogP contribution in [0.25, 0.3) is 0 Å². The van der Waals surface area contributed by atoms with Gasteiger partial charge in [-0.3, -0.25) is 4.99 Å². The van der Waals surface area contributed by atoms with E-state index in [4.69, 9.17) is 5.73 Å². The standard InChI is InChI=1S/C11H13FN2S/c1-2-8-6-15-11(14-8)9-5-7(12)3-4-10(9)13/h3-5,8H,2,6,13H2,1H3. The zero-order chi connectivity index (χ0) is 10.8. The molecule has 1 unspecified atom stereocenters. The van der Waals surface area contributed by atoms with Crippen molar-refractivity contribution >= 4 is 22.5 Å². The molecule has 1 atom stereocenters. The van der Waals surface area contributed by atoms with Gasteiger partial charge in [0.25, 0.3) is 0 Å². The first kappa shape index (κ1) is 10.5. The molecule has 15 heavy (non-hydrogen) atoms. The maximum Gasteiger partial charge on any atom is 0.124 e. The quantitative estimate of drug-likeness (QED) is 0.784. The van der Waals surface area contributed by atoms with Crippen LogP contribution in [0.1, 0.15) is 18.9 Å². The number of rotatable bonds is 2. The first-order chi connectivity index (χ1) is 7.20. The number of anilines is 1. The van der Waals surface area contributed by atoms with Crippen molar-refractivity contribution in [2.24, 2.45) is 4.99 Å². The van der Waals surface area contributed by atoms with Crippen LogP contribution in [0.3, 0.4) is 0 Å². The summed E-state index contributed by atoms with van der Waals surface area (Å²) < 4.78 is 13.1. The van der Waals surface area contributed by atoms with Crippen LogP contribution in [0.15, 0.2) is 23.2 Å². The average Bonchev–Trinajstić information content (AvgIpc) is 2.70. The van der Waals surface area contributed by atoms with Crippen LogP contribution < -0.4 is 5.73 Å². The number of nitrogen functional groups attached to an aromatic ring is 1. The molecule has 0 aliphatic carbocycles. The van der Waals surface area contributed by atoms with Gasteiger partial charge in [-0.25, -0.2) is 4.39 Å². The van der Waals surface area contributed by atoms with Crippen LogP contribution in [0.4, 0.5) is 10.1 Å². The van der Waals surface area contributed by atoms with Gasteiger partial charge in [0.15, 0.2) is 0 Å². The molecule has 1 aromatic rings. The van der Waals surface area contributed by atoms with E-state index < -0.39 is 0 Å². The van der Waals surface area contributed by atoms with Crippen molar-refractivity contribution in [3.05, 3.63) is 29.6 Å². The third-order valence-electron chi connectivity index (χ3n) is 2.43. The summed E-state index contributed by atoms with van der Waals surface area (Å²) in [7, 11) is 0. The van der Waals surface area contributed by atoms with Crippen molar-refractivity contribution in [3.63, 3.8) is 0 Å². The number of benzene rings is 1. The van der Waals surface area contributed by atoms with E-state index in [0.717, 1.165) is 22.8 Å².